The summed E-state index contributed by atoms with van der Waals surface area (Å²) in [4.78, 5) is 6.26. The lowest BCUT2D eigenvalue weighted by atomic mass is 9.85. The summed E-state index contributed by atoms with van der Waals surface area (Å²) in [7, 11) is 2.09. The lowest BCUT2D eigenvalue weighted by molar-refractivity contribution is 0.280. The molecule has 1 fully saturated rings. The largest absolute Gasteiger partial charge is 0.392 e. The van der Waals surface area contributed by atoms with Crippen LogP contribution in [-0.2, 0) is 6.61 Å². The molecule has 3 heteroatoms. The normalized spacial score (nSPS) is 16.1. The summed E-state index contributed by atoms with van der Waals surface area (Å²) in [5, 5.41) is 9.21. The third-order valence-corrected chi connectivity index (χ3v) is 3.22. The summed E-state index contributed by atoms with van der Waals surface area (Å²) in [6.45, 7) is 1.16. The second kappa shape index (κ2) is 4.62. The molecular weight excluding hydrogens is 188 g/mol. The number of aliphatic hydroxyl groups is 1. The van der Waals surface area contributed by atoms with E-state index >= 15 is 0 Å². The number of pyridine rings is 1. The van der Waals surface area contributed by atoms with E-state index in [-0.39, 0.29) is 6.61 Å². The number of hydrogen-bond acceptors (Lipinski definition) is 3. The van der Waals surface area contributed by atoms with Crippen molar-refractivity contribution in [1.29, 1.82) is 0 Å². The Hall–Kier alpha value is -1.09. The average Bonchev–Trinajstić information content (AvgIpc) is 2.23. The summed E-state index contributed by atoms with van der Waals surface area (Å²) in [5.41, 5.74) is 2.03. The zero-order valence-electron chi connectivity index (χ0n) is 9.19. The van der Waals surface area contributed by atoms with Gasteiger partial charge in [-0.05, 0) is 24.8 Å². The third kappa shape index (κ3) is 2.29. The van der Waals surface area contributed by atoms with E-state index in [1.54, 1.807) is 12.4 Å². The minimum atomic E-state index is 0.0676. The molecule has 0 unspecified atom stereocenters. The molecule has 0 aromatic carbocycles. The van der Waals surface area contributed by atoms with Gasteiger partial charge in [0, 0.05) is 37.2 Å². The Morgan fingerprint density at radius 1 is 1.53 bits per heavy atom. The highest BCUT2D eigenvalue weighted by Crippen LogP contribution is 2.29. The van der Waals surface area contributed by atoms with Crippen molar-refractivity contribution in [2.45, 2.75) is 25.9 Å². The number of hydrogen-bond donors (Lipinski definition) is 1. The van der Waals surface area contributed by atoms with E-state index in [2.05, 4.69) is 16.9 Å². The average molecular weight is 206 g/mol. The highest BCUT2D eigenvalue weighted by atomic mass is 16.3. The molecule has 0 amide bonds. The Labute approximate surface area is 90.8 Å². The first kappa shape index (κ1) is 10.4. The van der Waals surface area contributed by atoms with Gasteiger partial charge in [0.2, 0.25) is 0 Å². The lowest BCUT2D eigenvalue weighted by Gasteiger charge is -2.32. The maximum atomic E-state index is 9.21. The first-order valence-corrected chi connectivity index (χ1v) is 5.56. The van der Waals surface area contributed by atoms with Gasteiger partial charge in [0.15, 0.2) is 0 Å². The van der Waals surface area contributed by atoms with Crippen LogP contribution in [0.5, 0.6) is 0 Å². The number of rotatable bonds is 4. The van der Waals surface area contributed by atoms with E-state index in [4.69, 9.17) is 0 Å². The van der Waals surface area contributed by atoms with E-state index in [0.717, 1.165) is 23.7 Å². The smallest absolute Gasteiger partial charge is 0.0717 e. The Bertz CT molecular complexity index is 323. The maximum Gasteiger partial charge on any atom is 0.0717 e. The van der Waals surface area contributed by atoms with Gasteiger partial charge >= 0.3 is 0 Å². The molecule has 1 N–H and O–H groups in total. The Balaban J connectivity index is 2.05. The molecule has 1 aromatic rings. The molecule has 0 aliphatic heterocycles. The predicted molar refractivity (Wildman–Crippen MR) is 60.8 cm³/mol. The lowest BCUT2D eigenvalue weighted by Crippen LogP contribution is -2.29. The van der Waals surface area contributed by atoms with Crippen LogP contribution in [0.3, 0.4) is 0 Å². The first-order valence-electron chi connectivity index (χ1n) is 5.56. The van der Waals surface area contributed by atoms with E-state index < -0.39 is 0 Å². The van der Waals surface area contributed by atoms with Gasteiger partial charge < -0.3 is 10.0 Å². The third-order valence-electron chi connectivity index (χ3n) is 3.22. The fourth-order valence-electron chi connectivity index (χ4n) is 2.08. The summed E-state index contributed by atoms with van der Waals surface area (Å²) in [6.07, 6.45) is 7.61. The topological polar surface area (TPSA) is 36.4 Å². The number of nitrogens with zero attached hydrogens (tertiary/aromatic N) is 2. The van der Waals surface area contributed by atoms with Gasteiger partial charge in [-0.2, -0.15) is 0 Å². The van der Waals surface area contributed by atoms with Gasteiger partial charge in [0.05, 0.1) is 6.61 Å². The van der Waals surface area contributed by atoms with Gasteiger partial charge in [-0.1, -0.05) is 6.42 Å². The first-order chi connectivity index (χ1) is 7.31. The van der Waals surface area contributed by atoms with Gasteiger partial charge in [-0.15, -0.1) is 0 Å². The molecule has 2 rings (SSSR count). The van der Waals surface area contributed by atoms with E-state index in [1.165, 1.54) is 19.3 Å². The molecule has 15 heavy (non-hydrogen) atoms. The summed E-state index contributed by atoms with van der Waals surface area (Å²) < 4.78 is 0. The highest BCUT2D eigenvalue weighted by Gasteiger charge is 2.19. The molecule has 1 aliphatic rings. The Morgan fingerprint density at radius 2 is 2.33 bits per heavy atom. The Kier molecular flexibility index (Phi) is 3.21. The van der Waals surface area contributed by atoms with Crippen LogP contribution in [0.1, 0.15) is 24.8 Å². The van der Waals surface area contributed by atoms with Crippen molar-refractivity contribution in [2.24, 2.45) is 5.92 Å². The van der Waals surface area contributed by atoms with Crippen LogP contribution in [0.15, 0.2) is 18.5 Å². The molecule has 1 aromatic heterocycles. The van der Waals surface area contributed by atoms with Crippen LogP contribution in [0.25, 0.3) is 0 Å². The van der Waals surface area contributed by atoms with Crippen LogP contribution in [0.4, 0.5) is 5.69 Å². The highest BCUT2D eigenvalue weighted by molar-refractivity contribution is 5.51. The molecule has 0 atom stereocenters. The molecule has 82 valence electrons. The summed E-state index contributed by atoms with van der Waals surface area (Å²) >= 11 is 0. The Morgan fingerprint density at radius 3 is 2.93 bits per heavy atom. The second-order valence-corrected chi connectivity index (χ2v) is 4.34. The minimum Gasteiger partial charge on any atom is -0.392 e. The van der Waals surface area contributed by atoms with Crippen molar-refractivity contribution in [3.8, 4) is 0 Å². The fourth-order valence-corrected chi connectivity index (χ4v) is 2.08. The molecule has 1 aliphatic carbocycles. The van der Waals surface area contributed by atoms with Crippen molar-refractivity contribution in [3.05, 3.63) is 24.0 Å². The second-order valence-electron chi connectivity index (χ2n) is 4.34. The molecule has 1 saturated carbocycles. The minimum absolute atomic E-state index is 0.0676. The summed E-state index contributed by atoms with van der Waals surface area (Å²) in [6, 6.07) is 1.98. The van der Waals surface area contributed by atoms with Crippen LogP contribution >= 0.6 is 0 Å². The van der Waals surface area contributed by atoms with Crippen molar-refractivity contribution in [2.75, 3.05) is 18.5 Å². The van der Waals surface area contributed by atoms with Gasteiger partial charge in [0.25, 0.3) is 0 Å². The standard InChI is InChI=1S/C12H18N2O/c1-14(8-10-3-2-4-10)12-5-6-13-7-11(12)9-15/h5-7,10,15H,2-4,8-9H2,1H3. The number of anilines is 1. The summed E-state index contributed by atoms with van der Waals surface area (Å²) in [5.74, 6) is 0.842. The molecular formula is C12H18N2O. The van der Waals surface area contributed by atoms with Crippen LogP contribution < -0.4 is 4.90 Å². The van der Waals surface area contributed by atoms with Gasteiger partial charge in [-0.3, -0.25) is 4.98 Å². The van der Waals surface area contributed by atoms with Gasteiger partial charge in [-0.25, -0.2) is 0 Å². The maximum absolute atomic E-state index is 9.21. The van der Waals surface area contributed by atoms with E-state index in [0.29, 0.717) is 0 Å². The quantitative estimate of drug-likeness (QED) is 0.816. The molecule has 0 spiro atoms. The molecule has 1 heterocycles. The van der Waals surface area contributed by atoms with Crippen LogP contribution in [0.2, 0.25) is 0 Å². The molecule has 0 bridgehead atoms. The zero-order chi connectivity index (χ0) is 10.7. The van der Waals surface area contributed by atoms with Crippen molar-refractivity contribution in [3.63, 3.8) is 0 Å². The van der Waals surface area contributed by atoms with Crippen molar-refractivity contribution < 1.29 is 5.11 Å². The van der Waals surface area contributed by atoms with E-state index in [1.807, 2.05) is 6.07 Å². The zero-order valence-corrected chi connectivity index (χ0v) is 9.19. The predicted octanol–water partition coefficient (Wildman–Crippen LogP) is 1.81. The number of aromatic nitrogens is 1. The van der Waals surface area contributed by atoms with Crippen molar-refractivity contribution >= 4 is 5.69 Å². The fraction of sp³-hybridized carbons (Fsp3) is 0.583. The SMILES string of the molecule is CN(CC1CCC1)c1ccncc1CO. The molecule has 0 radical (unpaired) electrons. The monoisotopic (exact) mass is 206 g/mol. The molecule has 3 nitrogen and oxygen atoms in total. The van der Waals surface area contributed by atoms with Crippen LogP contribution in [0, 0.1) is 5.92 Å². The van der Waals surface area contributed by atoms with Crippen molar-refractivity contribution in [1.82, 2.24) is 4.98 Å². The van der Waals surface area contributed by atoms with E-state index in [9.17, 15) is 5.11 Å². The van der Waals surface area contributed by atoms with Gasteiger partial charge in [0.1, 0.15) is 0 Å². The number of aliphatic hydroxyl groups excluding tert-OH is 1. The van der Waals surface area contributed by atoms with Crippen LogP contribution in [-0.4, -0.2) is 23.7 Å². The molecule has 0 saturated heterocycles.